The fourth-order valence-electron chi connectivity index (χ4n) is 5.27. The number of halogens is 3. The fourth-order valence-corrected chi connectivity index (χ4v) is 6.18. The Labute approximate surface area is 272 Å². The maximum absolute atomic E-state index is 15.0. The summed E-state index contributed by atoms with van der Waals surface area (Å²) in [6.07, 6.45) is 2.66. The molecule has 2 N–H and O–H groups in total. The summed E-state index contributed by atoms with van der Waals surface area (Å²) in [7, 11) is 0. The van der Waals surface area contributed by atoms with Crippen LogP contribution in [0.15, 0.2) is 72.9 Å². The molecular weight excluding hydrogens is 629 g/mol. The van der Waals surface area contributed by atoms with Crippen LogP contribution in [0.4, 0.5) is 30.5 Å². The number of aromatic nitrogens is 3. The summed E-state index contributed by atoms with van der Waals surface area (Å²) >= 11 is 1.41. The van der Waals surface area contributed by atoms with Gasteiger partial charge in [0.2, 0.25) is 11.9 Å². The average Bonchev–Trinajstić information content (AvgIpc) is 3.44. The third kappa shape index (κ3) is 7.25. The third-order valence-corrected chi connectivity index (χ3v) is 8.57. The molecule has 1 aliphatic rings. The number of benzene rings is 3. The van der Waals surface area contributed by atoms with Gasteiger partial charge in [-0.2, -0.15) is 0 Å². The standard InChI is InChI=1S/C34H29F3N6O3S/c1-19-39-31(21-5-3-6-22(17-21)40-33(45)30-25(35)7-4-8-26(30)36)32(47-19)28-11-14-38-34(42-28)41-23-9-10-29(27(37)18-23)46-24-12-15-43(16-13-24)20(2)44/h3-11,14,17-18,24H,12-13,15-16H2,1-2H3,(H,40,45)(H,38,41,42). The number of carbonyl (C=O) groups excluding carboxylic acids is 2. The molecular formula is C34H29F3N6O3S. The lowest BCUT2D eigenvalue weighted by Gasteiger charge is -2.31. The number of thiazole rings is 1. The number of likely N-dealkylation sites (tertiary alicyclic amines) is 1. The molecule has 0 atom stereocenters. The van der Waals surface area contributed by atoms with Gasteiger partial charge in [-0.25, -0.2) is 28.1 Å². The van der Waals surface area contributed by atoms with Crippen molar-refractivity contribution in [3.63, 3.8) is 0 Å². The molecule has 2 aromatic heterocycles. The van der Waals surface area contributed by atoms with E-state index in [9.17, 15) is 18.4 Å². The number of hydrogen-bond donors (Lipinski definition) is 2. The van der Waals surface area contributed by atoms with E-state index in [1.165, 1.54) is 30.4 Å². The number of nitrogens with zero attached hydrogens (tertiary/aromatic N) is 4. The molecule has 2 amide bonds. The van der Waals surface area contributed by atoms with Gasteiger partial charge in [-0.3, -0.25) is 9.59 Å². The van der Waals surface area contributed by atoms with Crippen molar-refractivity contribution in [1.29, 1.82) is 0 Å². The number of ether oxygens (including phenoxy) is 1. The molecule has 0 saturated carbocycles. The molecule has 240 valence electrons. The summed E-state index contributed by atoms with van der Waals surface area (Å²) in [5.41, 5.74) is 1.88. The van der Waals surface area contributed by atoms with E-state index >= 15 is 4.39 Å². The highest BCUT2D eigenvalue weighted by Crippen LogP contribution is 2.37. The Morgan fingerprint density at radius 1 is 0.915 bits per heavy atom. The summed E-state index contributed by atoms with van der Waals surface area (Å²) < 4.78 is 49.2. The Morgan fingerprint density at radius 2 is 1.66 bits per heavy atom. The van der Waals surface area contributed by atoms with Crippen molar-refractivity contribution in [2.45, 2.75) is 32.8 Å². The summed E-state index contributed by atoms with van der Waals surface area (Å²) in [5, 5.41) is 6.36. The number of rotatable bonds is 8. The molecule has 0 bridgehead atoms. The van der Waals surface area contributed by atoms with Crippen molar-refractivity contribution in [3.05, 3.63) is 101 Å². The highest BCUT2D eigenvalue weighted by molar-refractivity contribution is 7.15. The quantitative estimate of drug-likeness (QED) is 0.179. The first-order valence-electron chi connectivity index (χ1n) is 14.8. The molecule has 0 unspecified atom stereocenters. The van der Waals surface area contributed by atoms with Crippen LogP contribution in [0.3, 0.4) is 0 Å². The first-order chi connectivity index (χ1) is 22.6. The largest absolute Gasteiger partial charge is 0.487 e. The zero-order valence-electron chi connectivity index (χ0n) is 25.4. The molecule has 0 radical (unpaired) electrons. The number of nitrogens with one attached hydrogen (secondary N) is 2. The van der Waals surface area contributed by atoms with Crippen molar-refractivity contribution in [1.82, 2.24) is 19.9 Å². The fraction of sp³-hybridized carbons (Fsp3) is 0.206. The lowest BCUT2D eigenvalue weighted by atomic mass is 10.1. The van der Waals surface area contributed by atoms with Crippen molar-refractivity contribution in [2.24, 2.45) is 0 Å². The molecule has 0 spiro atoms. The first-order valence-corrected chi connectivity index (χ1v) is 15.6. The van der Waals surface area contributed by atoms with E-state index in [1.807, 2.05) is 6.92 Å². The normalized spacial score (nSPS) is 13.3. The minimum absolute atomic E-state index is 0.0226. The van der Waals surface area contributed by atoms with Crippen LogP contribution in [-0.4, -0.2) is 50.9 Å². The second-order valence-electron chi connectivity index (χ2n) is 10.9. The van der Waals surface area contributed by atoms with E-state index in [0.29, 0.717) is 54.3 Å². The predicted octanol–water partition coefficient (Wildman–Crippen LogP) is 7.38. The number of hydrogen-bond acceptors (Lipinski definition) is 8. The van der Waals surface area contributed by atoms with E-state index in [0.717, 1.165) is 22.0 Å². The Hall–Kier alpha value is -5.30. The van der Waals surface area contributed by atoms with Gasteiger partial charge in [0.25, 0.3) is 5.91 Å². The summed E-state index contributed by atoms with van der Waals surface area (Å²) in [6, 6.07) is 16.3. The second kappa shape index (κ2) is 13.6. The van der Waals surface area contributed by atoms with Crippen LogP contribution in [0.2, 0.25) is 0 Å². The second-order valence-corrected chi connectivity index (χ2v) is 12.1. The van der Waals surface area contributed by atoms with E-state index < -0.39 is 28.9 Å². The van der Waals surface area contributed by atoms with Crippen LogP contribution in [0.1, 0.15) is 35.1 Å². The molecule has 9 nitrogen and oxygen atoms in total. The summed E-state index contributed by atoms with van der Waals surface area (Å²) in [6.45, 7) is 4.54. The molecule has 6 rings (SSSR count). The van der Waals surface area contributed by atoms with Gasteiger partial charge in [-0.05, 0) is 49.4 Å². The molecule has 3 heterocycles. The Morgan fingerprint density at radius 3 is 2.38 bits per heavy atom. The zero-order chi connectivity index (χ0) is 33.1. The smallest absolute Gasteiger partial charge is 0.261 e. The maximum Gasteiger partial charge on any atom is 0.261 e. The first kappa shape index (κ1) is 31.7. The molecule has 47 heavy (non-hydrogen) atoms. The van der Waals surface area contributed by atoms with Crippen LogP contribution >= 0.6 is 11.3 Å². The number of carbonyl (C=O) groups is 2. The predicted molar refractivity (Wildman–Crippen MR) is 173 cm³/mol. The zero-order valence-corrected chi connectivity index (χ0v) is 26.2. The topological polar surface area (TPSA) is 109 Å². The molecule has 13 heteroatoms. The van der Waals surface area contributed by atoms with Gasteiger partial charge in [-0.1, -0.05) is 18.2 Å². The molecule has 0 aliphatic carbocycles. The van der Waals surface area contributed by atoms with Gasteiger partial charge >= 0.3 is 0 Å². The molecule has 1 fully saturated rings. The summed E-state index contributed by atoms with van der Waals surface area (Å²) in [5.74, 6) is -2.98. The number of aryl methyl sites for hydroxylation is 1. The van der Waals surface area contributed by atoms with Gasteiger partial charge < -0.3 is 20.3 Å². The Bertz CT molecular complexity index is 1940. The van der Waals surface area contributed by atoms with Crippen LogP contribution < -0.4 is 15.4 Å². The van der Waals surface area contributed by atoms with Gasteiger partial charge in [0, 0.05) is 62.1 Å². The molecule has 3 aromatic carbocycles. The molecule has 1 saturated heterocycles. The van der Waals surface area contributed by atoms with E-state index in [4.69, 9.17) is 4.74 Å². The van der Waals surface area contributed by atoms with Crippen molar-refractivity contribution < 1.29 is 27.5 Å². The van der Waals surface area contributed by atoms with Gasteiger partial charge in [-0.15, -0.1) is 11.3 Å². The van der Waals surface area contributed by atoms with Crippen LogP contribution in [0.5, 0.6) is 5.75 Å². The molecule has 1 aliphatic heterocycles. The SMILES string of the molecule is CC(=O)N1CCC(Oc2ccc(Nc3nccc(-c4sc(C)nc4-c4cccc(NC(=O)c5c(F)cccc5F)c4)n3)cc2F)CC1. The maximum atomic E-state index is 15.0. The Balaban J connectivity index is 1.18. The lowest BCUT2D eigenvalue weighted by molar-refractivity contribution is -0.130. The van der Waals surface area contributed by atoms with Gasteiger partial charge in [0.15, 0.2) is 11.6 Å². The van der Waals surface area contributed by atoms with Crippen molar-refractivity contribution in [3.8, 4) is 27.6 Å². The number of amides is 2. The third-order valence-electron chi connectivity index (χ3n) is 7.57. The minimum Gasteiger partial charge on any atom is -0.487 e. The lowest BCUT2D eigenvalue weighted by Crippen LogP contribution is -2.40. The highest BCUT2D eigenvalue weighted by Gasteiger charge is 2.23. The monoisotopic (exact) mass is 658 g/mol. The highest BCUT2D eigenvalue weighted by atomic mass is 32.1. The number of anilines is 3. The van der Waals surface area contributed by atoms with Gasteiger partial charge in [0.1, 0.15) is 23.3 Å². The van der Waals surface area contributed by atoms with Crippen LogP contribution in [-0.2, 0) is 4.79 Å². The van der Waals surface area contributed by atoms with Gasteiger partial charge in [0.05, 0.1) is 21.3 Å². The Kier molecular flexibility index (Phi) is 9.16. The number of piperidine rings is 1. The average molecular weight is 659 g/mol. The van der Waals surface area contributed by atoms with Crippen LogP contribution in [0.25, 0.3) is 21.8 Å². The van der Waals surface area contributed by atoms with Crippen molar-refractivity contribution >= 4 is 40.5 Å². The van der Waals surface area contributed by atoms with Crippen molar-refractivity contribution in [2.75, 3.05) is 23.7 Å². The molecule has 5 aromatic rings. The van der Waals surface area contributed by atoms with E-state index in [1.54, 1.807) is 53.6 Å². The van der Waals surface area contributed by atoms with Crippen LogP contribution in [0, 0.1) is 24.4 Å². The summed E-state index contributed by atoms with van der Waals surface area (Å²) in [4.78, 5) is 40.3. The van der Waals surface area contributed by atoms with E-state index in [-0.39, 0.29) is 23.7 Å². The minimum atomic E-state index is -0.959. The van der Waals surface area contributed by atoms with E-state index in [2.05, 4.69) is 25.6 Å².